The molecular formula is C14H20N4. The average molecular weight is 244 g/mol. The van der Waals surface area contributed by atoms with Crippen LogP contribution in [-0.4, -0.2) is 34.6 Å². The van der Waals surface area contributed by atoms with Crippen LogP contribution >= 0.6 is 0 Å². The summed E-state index contributed by atoms with van der Waals surface area (Å²) in [6, 6.07) is 6.67. The Hall–Kier alpha value is -1.44. The monoisotopic (exact) mass is 244 g/mol. The molecule has 0 spiro atoms. The van der Waals surface area contributed by atoms with Crippen molar-refractivity contribution in [3.8, 4) is 6.07 Å². The third-order valence-corrected chi connectivity index (χ3v) is 3.59. The van der Waals surface area contributed by atoms with Gasteiger partial charge in [-0.15, -0.1) is 0 Å². The van der Waals surface area contributed by atoms with Crippen molar-refractivity contribution in [1.29, 1.82) is 5.26 Å². The van der Waals surface area contributed by atoms with Crippen molar-refractivity contribution in [2.45, 2.75) is 38.4 Å². The minimum Gasteiger partial charge on any atom is -0.313 e. The van der Waals surface area contributed by atoms with E-state index in [0.29, 0.717) is 6.42 Å². The van der Waals surface area contributed by atoms with E-state index < -0.39 is 0 Å². The molecule has 1 saturated heterocycles. The maximum absolute atomic E-state index is 8.96. The third kappa shape index (κ3) is 2.87. The summed E-state index contributed by atoms with van der Waals surface area (Å²) in [6.45, 7) is 7.18. The number of nitrogens with zero attached hydrogens (tertiary/aromatic N) is 3. The molecule has 18 heavy (non-hydrogen) atoms. The van der Waals surface area contributed by atoms with Crippen molar-refractivity contribution < 1.29 is 0 Å². The second kappa shape index (κ2) is 5.47. The number of pyridine rings is 1. The number of rotatable bonds is 3. The lowest BCUT2D eigenvalue weighted by Gasteiger charge is -2.47. The van der Waals surface area contributed by atoms with Crippen LogP contribution < -0.4 is 5.32 Å². The summed E-state index contributed by atoms with van der Waals surface area (Å²) >= 11 is 0. The molecule has 0 amide bonds. The van der Waals surface area contributed by atoms with Crippen LogP contribution in [0.15, 0.2) is 24.5 Å². The number of hydrogen-bond acceptors (Lipinski definition) is 4. The minimum atomic E-state index is 0.0725. The van der Waals surface area contributed by atoms with Gasteiger partial charge in [0.2, 0.25) is 0 Å². The summed E-state index contributed by atoms with van der Waals surface area (Å²) in [6.07, 6.45) is 4.22. The Bertz CT molecular complexity index is 421. The van der Waals surface area contributed by atoms with Crippen molar-refractivity contribution in [2.24, 2.45) is 0 Å². The van der Waals surface area contributed by atoms with E-state index >= 15 is 0 Å². The first-order chi connectivity index (χ1) is 8.63. The molecule has 96 valence electrons. The van der Waals surface area contributed by atoms with Crippen LogP contribution in [0.25, 0.3) is 0 Å². The van der Waals surface area contributed by atoms with Gasteiger partial charge < -0.3 is 5.32 Å². The van der Waals surface area contributed by atoms with Gasteiger partial charge in [-0.1, -0.05) is 0 Å². The lowest BCUT2D eigenvalue weighted by molar-refractivity contribution is 0.0311. The van der Waals surface area contributed by atoms with E-state index in [0.717, 1.165) is 19.6 Å². The molecular weight excluding hydrogens is 224 g/mol. The molecule has 2 heterocycles. The molecule has 1 unspecified atom stereocenters. The van der Waals surface area contributed by atoms with E-state index in [4.69, 9.17) is 5.26 Å². The lowest BCUT2D eigenvalue weighted by Crippen LogP contribution is -2.62. The van der Waals surface area contributed by atoms with Gasteiger partial charge in [0.15, 0.2) is 0 Å². The molecule has 1 aliphatic rings. The van der Waals surface area contributed by atoms with E-state index in [-0.39, 0.29) is 11.6 Å². The number of hydrogen-bond donors (Lipinski definition) is 1. The summed E-state index contributed by atoms with van der Waals surface area (Å²) in [4.78, 5) is 6.48. The van der Waals surface area contributed by atoms with Gasteiger partial charge in [0.05, 0.1) is 12.5 Å². The maximum atomic E-state index is 8.96. The first-order valence-corrected chi connectivity index (χ1v) is 6.37. The van der Waals surface area contributed by atoms with E-state index in [2.05, 4.69) is 35.1 Å². The third-order valence-electron chi connectivity index (χ3n) is 3.59. The molecule has 0 radical (unpaired) electrons. The van der Waals surface area contributed by atoms with Gasteiger partial charge in [-0.3, -0.25) is 9.88 Å². The highest BCUT2D eigenvalue weighted by atomic mass is 15.3. The van der Waals surface area contributed by atoms with Crippen LogP contribution in [0.4, 0.5) is 0 Å². The molecule has 2 rings (SSSR count). The molecule has 1 atom stereocenters. The van der Waals surface area contributed by atoms with Crippen molar-refractivity contribution in [3.05, 3.63) is 30.1 Å². The van der Waals surface area contributed by atoms with E-state index in [1.54, 1.807) is 0 Å². The fourth-order valence-electron chi connectivity index (χ4n) is 2.57. The summed E-state index contributed by atoms with van der Waals surface area (Å²) in [5.41, 5.74) is 1.33. The molecule has 1 fully saturated rings. The molecule has 1 aliphatic heterocycles. The SMILES string of the molecule is CC1(C)CNCC(CC#N)N1Cc1ccncc1. The zero-order chi connectivity index (χ0) is 13.0. The predicted molar refractivity (Wildman–Crippen MR) is 70.7 cm³/mol. The molecule has 1 aromatic rings. The molecule has 0 bridgehead atoms. The van der Waals surface area contributed by atoms with E-state index in [1.165, 1.54) is 5.56 Å². The second-order valence-electron chi connectivity index (χ2n) is 5.44. The zero-order valence-corrected chi connectivity index (χ0v) is 11.1. The van der Waals surface area contributed by atoms with E-state index in [1.807, 2.05) is 24.5 Å². The van der Waals surface area contributed by atoms with Crippen LogP contribution in [0.2, 0.25) is 0 Å². The van der Waals surface area contributed by atoms with Crippen LogP contribution in [0, 0.1) is 11.3 Å². The number of piperazine rings is 1. The van der Waals surface area contributed by atoms with Gasteiger partial charge in [0.25, 0.3) is 0 Å². The molecule has 1 N–H and O–H groups in total. The summed E-state index contributed by atoms with van der Waals surface area (Å²) in [5, 5.41) is 12.4. The second-order valence-corrected chi connectivity index (χ2v) is 5.44. The van der Waals surface area contributed by atoms with Crippen molar-refractivity contribution in [1.82, 2.24) is 15.2 Å². The summed E-state index contributed by atoms with van der Waals surface area (Å²) in [5.74, 6) is 0. The Morgan fingerprint density at radius 3 is 2.89 bits per heavy atom. The highest BCUT2D eigenvalue weighted by Gasteiger charge is 2.35. The van der Waals surface area contributed by atoms with Crippen molar-refractivity contribution in [3.63, 3.8) is 0 Å². The topological polar surface area (TPSA) is 52.0 Å². The number of aromatic nitrogens is 1. The molecule has 0 aromatic carbocycles. The predicted octanol–water partition coefficient (Wildman–Crippen LogP) is 1.55. The summed E-state index contributed by atoms with van der Waals surface area (Å²) in [7, 11) is 0. The van der Waals surface area contributed by atoms with Gasteiger partial charge in [0, 0.05) is 43.6 Å². The number of nitrogens with one attached hydrogen (secondary N) is 1. The van der Waals surface area contributed by atoms with Gasteiger partial charge in [-0.25, -0.2) is 0 Å². The molecule has 4 heteroatoms. The van der Waals surface area contributed by atoms with Crippen LogP contribution in [0.5, 0.6) is 0 Å². The highest BCUT2D eigenvalue weighted by Crippen LogP contribution is 2.24. The molecule has 0 saturated carbocycles. The van der Waals surface area contributed by atoms with E-state index in [9.17, 15) is 0 Å². The average Bonchev–Trinajstić information content (AvgIpc) is 2.35. The summed E-state index contributed by atoms with van der Waals surface area (Å²) < 4.78 is 0. The molecule has 4 nitrogen and oxygen atoms in total. The smallest absolute Gasteiger partial charge is 0.0638 e. The van der Waals surface area contributed by atoms with Gasteiger partial charge in [0.1, 0.15) is 0 Å². The fraction of sp³-hybridized carbons (Fsp3) is 0.571. The minimum absolute atomic E-state index is 0.0725. The Balaban J connectivity index is 2.16. The van der Waals surface area contributed by atoms with Crippen molar-refractivity contribution >= 4 is 0 Å². The van der Waals surface area contributed by atoms with Crippen LogP contribution in [-0.2, 0) is 6.54 Å². The Morgan fingerprint density at radius 2 is 2.22 bits per heavy atom. The quantitative estimate of drug-likeness (QED) is 0.876. The fourth-order valence-corrected chi connectivity index (χ4v) is 2.57. The van der Waals surface area contributed by atoms with Gasteiger partial charge >= 0.3 is 0 Å². The maximum Gasteiger partial charge on any atom is 0.0638 e. The Kier molecular flexibility index (Phi) is 3.95. The number of nitriles is 1. The first kappa shape index (κ1) is 13.0. The molecule has 0 aliphatic carbocycles. The normalized spacial score (nSPS) is 23.5. The van der Waals surface area contributed by atoms with Crippen molar-refractivity contribution in [2.75, 3.05) is 13.1 Å². The standard InChI is InChI=1S/C14H20N4/c1-14(2)11-17-9-13(3-6-15)18(14)10-12-4-7-16-8-5-12/h4-5,7-8,13,17H,3,9-11H2,1-2H3. The zero-order valence-electron chi connectivity index (χ0n) is 11.1. The largest absolute Gasteiger partial charge is 0.313 e. The lowest BCUT2D eigenvalue weighted by atomic mass is 9.94. The van der Waals surface area contributed by atoms with Crippen LogP contribution in [0.3, 0.4) is 0 Å². The Morgan fingerprint density at radius 1 is 1.50 bits per heavy atom. The highest BCUT2D eigenvalue weighted by molar-refractivity contribution is 5.11. The molecule has 1 aromatic heterocycles. The van der Waals surface area contributed by atoms with Gasteiger partial charge in [-0.05, 0) is 31.5 Å². The van der Waals surface area contributed by atoms with Gasteiger partial charge in [-0.2, -0.15) is 5.26 Å². The first-order valence-electron chi connectivity index (χ1n) is 6.37. The van der Waals surface area contributed by atoms with Crippen LogP contribution in [0.1, 0.15) is 25.8 Å². The Labute approximate surface area is 109 Å².